The number of thioether (sulfide) groups is 1. The highest BCUT2D eigenvalue weighted by atomic mass is 79.9. The highest BCUT2D eigenvalue weighted by Crippen LogP contribution is 2.21. The van der Waals surface area contributed by atoms with Gasteiger partial charge in [0.2, 0.25) is 11.8 Å². The Morgan fingerprint density at radius 3 is 2.50 bits per heavy atom. The van der Waals surface area contributed by atoms with Crippen molar-refractivity contribution < 1.29 is 14.3 Å². The molecule has 2 aromatic carbocycles. The summed E-state index contributed by atoms with van der Waals surface area (Å²) in [7, 11) is 0. The van der Waals surface area contributed by atoms with Crippen molar-refractivity contribution in [2.75, 3.05) is 24.2 Å². The third-order valence-electron chi connectivity index (χ3n) is 3.41. The van der Waals surface area contributed by atoms with Gasteiger partial charge in [-0.2, -0.15) is 0 Å². The zero-order valence-electron chi connectivity index (χ0n) is 14.7. The van der Waals surface area contributed by atoms with Gasteiger partial charge in [0.1, 0.15) is 5.75 Å². The van der Waals surface area contributed by atoms with Gasteiger partial charge in [0, 0.05) is 15.1 Å². The maximum atomic E-state index is 12.0. The number of ether oxygens (including phenoxy) is 1. The largest absolute Gasteiger partial charge is 0.494 e. The summed E-state index contributed by atoms with van der Waals surface area (Å²) >= 11 is 4.79. The molecule has 0 aromatic heterocycles. The van der Waals surface area contributed by atoms with E-state index in [0.717, 1.165) is 26.4 Å². The quantitative estimate of drug-likeness (QED) is 0.613. The molecule has 2 amide bonds. The van der Waals surface area contributed by atoms with Crippen molar-refractivity contribution in [3.05, 3.63) is 52.5 Å². The van der Waals surface area contributed by atoms with Crippen LogP contribution >= 0.6 is 27.7 Å². The van der Waals surface area contributed by atoms with Crippen molar-refractivity contribution in [3.63, 3.8) is 0 Å². The Bertz CT molecular complexity index is 766. The molecule has 0 unspecified atom stereocenters. The van der Waals surface area contributed by atoms with E-state index in [4.69, 9.17) is 4.74 Å². The van der Waals surface area contributed by atoms with Crippen molar-refractivity contribution in [2.24, 2.45) is 0 Å². The number of nitrogens with one attached hydrogen (secondary N) is 2. The van der Waals surface area contributed by atoms with Gasteiger partial charge in [-0.1, -0.05) is 15.9 Å². The van der Waals surface area contributed by atoms with Gasteiger partial charge < -0.3 is 15.4 Å². The van der Waals surface area contributed by atoms with Crippen LogP contribution in [0.2, 0.25) is 0 Å². The van der Waals surface area contributed by atoms with Crippen LogP contribution in [0.1, 0.15) is 12.5 Å². The van der Waals surface area contributed by atoms with Crippen LogP contribution < -0.4 is 15.4 Å². The highest BCUT2D eigenvalue weighted by Gasteiger charge is 2.08. The van der Waals surface area contributed by atoms with Crippen LogP contribution in [0, 0.1) is 6.92 Å². The molecule has 2 N–H and O–H groups in total. The topological polar surface area (TPSA) is 67.4 Å². The summed E-state index contributed by atoms with van der Waals surface area (Å²) in [5, 5.41) is 5.42. The summed E-state index contributed by atoms with van der Waals surface area (Å²) in [5.41, 5.74) is 1.68. The molecule has 0 aliphatic heterocycles. The minimum atomic E-state index is -0.255. The van der Waals surface area contributed by atoms with Crippen LogP contribution in [0.15, 0.2) is 51.8 Å². The van der Waals surface area contributed by atoms with Crippen molar-refractivity contribution in [3.8, 4) is 5.75 Å². The predicted octanol–water partition coefficient (Wildman–Crippen LogP) is 4.00. The first-order valence-corrected chi connectivity index (χ1v) is 9.94. The molecule has 0 saturated heterocycles. The maximum Gasteiger partial charge on any atom is 0.243 e. The molecule has 0 spiro atoms. The zero-order chi connectivity index (χ0) is 18.9. The number of aryl methyl sites for hydroxylation is 1. The second-order valence-corrected chi connectivity index (χ2v) is 7.44. The Balaban J connectivity index is 1.73. The van der Waals surface area contributed by atoms with Crippen LogP contribution in [0.4, 0.5) is 5.69 Å². The Morgan fingerprint density at radius 2 is 1.85 bits per heavy atom. The van der Waals surface area contributed by atoms with E-state index in [0.29, 0.717) is 6.61 Å². The number of hydrogen-bond acceptors (Lipinski definition) is 4. The summed E-state index contributed by atoms with van der Waals surface area (Å²) in [6.45, 7) is 4.41. The molecule has 0 aliphatic carbocycles. The molecular formula is C19H21BrN2O3S. The Morgan fingerprint density at radius 1 is 1.12 bits per heavy atom. The van der Waals surface area contributed by atoms with Gasteiger partial charge in [0.15, 0.2) is 0 Å². The molecule has 2 rings (SSSR count). The lowest BCUT2D eigenvalue weighted by atomic mass is 10.2. The standard InChI is InChI=1S/C19H21BrN2O3S/c1-3-25-15-5-7-16(8-6-15)26-12-19(24)21-11-18(23)22-17-9-4-14(20)10-13(17)2/h4-10H,3,11-12H2,1-2H3,(H,21,24)(H,22,23). The first-order valence-electron chi connectivity index (χ1n) is 8.16. The van der Waals surface area contributed by atoms with Gasteiger partial charge >= 0.3 is 0 Å². The van der Waals surface area contributed by atoms with E-state index in [1.54, 1.807) is 0 Å². The number of hydrogen-bond donors (Lipinski definition) is 2. The fourth-order valence-corrected chi connectivity index (χ4v) is 3.34. The summed E-state index contributed by atoms with van der Waals surface area (Å²) in [5.74, 6) is 0.612. The molecule has 7 heteroatoms. The molecule has 0 saturated carbocycles. The van der Waals surface area contributed by atoms with E-state index in [-0.39, 0.29) is 24.1 Å². The number of carbonyl (C=O) groups is 2. The van der Waals surface area contributed by atoms with Gasteiger partial charge in [-0.05, 0) is 61.9 Å². The van der Waals surface area contributed by atoms with Crippen LogP contribution in [0.25, 0.3) is 0 Å². The van der Waals surface area contributed by atoms with Gasteiger partial charge in [-0.15, -0.1) is 11.8 Å². The zero-order valence-corrected chi connectivity index (χ0v) is 17.1. The monoisotopic (exact) mass is 436 g/mol. The van der Waals surface area contributed by atoms with Gasteiger partial charge in [0.05, 0.1) is 18.9 Å². The van der Waals surface area contributed by atoms with Crippen molar-refractivity contribution in [1.82, 2.24) is 5.32 Å². The molecule has 0 bridgehead atoms. The third kappa shape index (κ3) is 6.72. The molecule has 26 heavy (non-hydrogen) atoms. The number of halogens is 1. The summed E-state index contributed by atoms with van der Waals surface area (Å²) < 4.78 is 6.33. The molecule has 0 radical (unpaired) electrons. The number of anilines is 1. The third-order valence-corrected chi connectivity index (χ3v) is 4.92. The van der Waals surface area contributed by atoms with E-state index in [1.165, 1.54) is 11.8 Å². The molecule has 0 heterocycles. The minimum Gasteiger partial charge on any atom is -0.494 e. The molecule has 0 aliphatic rings. The fourth-order valence-electron chi connectivity index (χ4n) is 2.14. The number of rotatable bonds is 8. The molecule has 138 valence electrons. The summed E-state index contributed by atoms with van der Waals surface area (Å²) in [6, 6.07) is 13.2. The molecule has 0 atom stereocenters. The van der Waals surface area contributed by atoms with Gasteiger partial charge in [-0.3, -0.25) is 9.59 Å². The molecular weight excluding hydrogens is 416 g/mol. The van der Waals surface area contributed by atoms with E-state index >= 15 is 0 Å². The lowest BCUT2D eigenvalue weighted by molar-refractivity contribution is -0.122. The minimum absolute atomic E-state index is 0.0574. The predicted molar refractivity (Wildman–Crippen MR) is 109 cm³/mol. The van der Waals surface area contributed by atoms with E-state index in [2.05, 4.69) is 26.6 Å². The molecule has 5 nitrogen and oxygen atoms in total. The van der Waals surface area contributed by atoms with Crippen LogP contribution in [0.5, 0.6) is 5.75 Å². The summed E-state index contributed by atoms with van der Waals surface area (Å²) in [6.07, 6.45) is 0. The normalized spacial score (nSPS) is 10.3. The van der Waals surface area contributed by atoms with Crippen molar-refractivity contribution in [1.29, 1.82) is 0 Å². The lowest BCUT2D eigenvalue weighted by Gasteiger charge is -2.10. The van der Waals surface area contributed by atoms with Gasteiger partial charge in [-0.25, -0.2) is 0 Å². The average molecular weight is 437 g/mol. The Kier molecular flexibility index (Phi) is 8.00. The summed E-state index contributed by atoms with van der Waals surface area (Å²) in [4.78, 5) is 24.9. The SMILES string of the molecule is CCOc1ccc(SCC(=O)NCC(=O)Nc2ccc(Br)cc2C)cc1. The van der Waals surface area contributed by atoms with Crippen LogP contribution in [-0.4, -0.2) is 30.7 Å². The van der Waals surface area contributed by atoms with Crippen LogP contribution in [-0.2, 0) is 9.59 Å². The molecule has 0 fully saturated rings. The maximum absolute atomic E-state index is 12.0. The average Bonchev–Trinajstić information content (AvgIpc) is 2.62. The lowest BCUT2D eigenvalue weighted by Crippen LogP contribution is -2.34. The second kappa shape index (κ2) is 10.2. The second-order valence-electron chi connectivity index (χ2n) is 5.48. The van der Waals surface area contributed by atoms with Gasteiger partial charge in [0.25, 0.3) is 0 Å². The molecule has 2 aromatic rings. The first-order chi connectivity index (χ1) is 12.5. The number of carbonyl (C=O) groups excluding carboxylic acids is 2. The smallest absolute Gasteiger partial charge is 0.243 e. The van der Waals surface area contributed by atoms with E-state index in [9.17, 15) is 9.59 Å². The Labute approximate surface area is 166 Å². The number of amides is 2. The van der Waals surface area contributed by atoms with Crippen molar-refractivity contribution >= 4 is 45.2 Å². The van der Waals surface area contributed by atoms with Crippen molar-refractivity contribution in [2.45, 2.75) is 18.7 Å². The van der Waals surface area contributed by atoms with Crippen LogP contribution in [0.3, 0.4) is 0 Å². The van der Waals surface area contributed by atoms with E-state index < -0.39 is 0 Å². The first kappa shape index (κ1) is 20.3. The number of benzene rings is 2. The highest BCUT2D eigenvalue weighted by molar-refractivity contribution is 9.10. The van der Waals surface area contributed by atoms with E-state index in [1.807, 2.05) is 56.3 Å². The Hall–Kier alpha value is -1.99. The fraction of sp³-hybridized carbons (Fsp3) is 0.263.